The molecule has 0 aromatic heterocycles. The molecule has 0 aliphatic heterocycles. The third-order valence-corrected chi connectivity index (χ3v) is 3.51. The summed E-state index contributed by atoms with van der Waals surface area (Å²) in [4.78, 5) is 21.6. The predicted octanol–water partition coefficient (Wildman–Crippen LogP) is 4.40. The van der Waals surface area contributed by atoms with Gasteiger partial charge in [-0.3, -0.25) is 0 Å². The number of esters is 2. The van der Waals surface area contributed by atoms with Crippen LogP contribution in [0.25, 0.3) is 0 Å². The molecule has 0 N–H and O–H groups in total. The second-order valence-corrected chi connectivity index (χ2v) is 5.93. The second-order valence-electron chi connectivity index (χ2n) is 5.93. The molecule has 0 unspecified atom stereocenters. The number of allylic oxidation sites excluding steroid dienone is 2. The lowest BCUT2D eigenvalue weighted by atomic mass is 10.1. The predicted molar refractivity (Wildman–Crippen MR) is 111 cm³/mol. The van der Waals surface area contributed by atoms with Crippen molar-refractivity contribution < 1.29 is 23.8 Å². The molecule has 0 heterocycles. The van der Waals surface area contributed by atoms with Crippen molar-refractivity contribution in [3.63, 3.8) is 0 Å². The number of carbonyl (C=O) groups excluding carboxylic acids is 2. The zero-order valence-corrected chi connectivity index (χ0v) is 17.7. The molecule has 0 saturated carbocycles. The maximum Gasteiger partial charge on any atom is 0.331 e. The highest BCUT2D eigenvalue weighted by atomic mass is 16.6. The van der Waals surface area contributed by atoms with Crippen LogP contribution in [0.15, 0.2) is 24.3 Å². The van der Waals surface area contributed by atoms with Crippen LogP contribution >= 0.6 is 0 Å². The van der Waals surface area contributed by atoms with Crippen molar-refractivity contribution >= 4 is 11.9 Å². The summed E-state index contributed by atoms with van der Waals surface area (Å²) < 4.78 is 14.5. The third-order valence-electron chi connectivity index (χ3n) is 3.51. The van der Waals surface area contributed by atoms with Crippen LogP contribution in [0, 0.1) is 22.7 Å². The first-order chi connectivity index (χ1) is 14.1. The van der Waals surface area contributed by atoms with E-state index in [2.05, 4.69) is 11.7 Å². The van der Waals surface area contributed by atoms with Gasteiger partial charge in [-0.15, -0.1) is 0 Å². The fourth-order valence-electron chi connectivity index (χ4n) is 2.06. The molecule has 0 aliphatic rings. The minimum absolute atomic E-state index is 0.225. The molecule has 7 nitrogen and oxygen atoms in total. The van der Waals surface area contributed by atoms with E-state index in [9.17, 15) is 9.59 Å². The van der Waals surface area contributed by atoms with Gasteiger partial charge >= 0.3 is 11.9 Å². The molecule has 0 atom stereocenters. The minimum atomic E-state index is -0.517. The Bertz CT molecular complexity index is 544. The highest BCUT2D eigenvalue weighted by Gasteiger charge is 1.96. The number of hydrogen-bond acceptors (Lipinski definition) is 7. The lowest BCUT2D eigenvalue weighted by Crippen LogP contribution is -2.08. The molecule has 0 rings (SSSR count). The van der Waals surface area contributed by atoms with Crippen LogP contribution in [0.5, 0.6) is 0 Å². The van der Waals surface area contributed by atoms with Crippen molar-refractivity contribution in [2.45, 2.75) is 65.2 Å². The number of rotatable bonds is 15. The first-order valence-electron chi connectivity index (χ1n) is 10.2. The lowest BCUT2D eigenvalue weighted by Gasteiger charge is -2.02. The molecule has 0 bridgehead atoms. The fourth-order valence-corrected chi connectivity index (χ4v) is 2.06. The Morgan fingerprint density at radius 1 is 0.724 bits per heavy atom. The molecule has 0 aromatic carbocycles. The topological polar surface area (TPSA) is 109 Å². The monoisotopic (exact) mass is 406 g/mol. The zero-order chi connectivity index (χ0) is 22.0. The van der Waals surface area contributed by atoms with Crippen LogP contribution in [0.1, 0.15) is 65.2 Å². The summed E-state index contributed by atoms with van der Waals surface area (Å²) >= 11 is 0. The Morgan fingerprint density at radius 2 is 1.21 bits per heavy atom. The molecule has 0 amide bonds. The molecule has 29 heavy (non-hydrogen) atoms. The van der Waals surface area contributed by atoms with E-state index >= 15 is 0 Å². The number of hydrogen-bond donors (Lipinski definition) is 0. The summed E-state index contributed by atoms with van der Waals surface area (Å²) in [6.07, 6.45) is 14.2. The Labute approximate surface area is 174 Å². The summed E-state index contributed by atoms with van der Waals surface area (Å²) in [5.74, 6) is -0.939. The van der Waals surface area contributed by atoms with Gasteiger partial charge in [0.2, 0.25) is 0 Å². The van der Waals surface area contributed by atoms with Gasteiger partial charge in [-0.25, -0.2) is 9.59 Å². The van der Waals surface area contributed by atoms with Crippen LogP contribution in [-0.2, 0) is 23.8 Å². The Hall–Kier alpha value is -2.64. The van der Waals surface area contributed by atoms with E-state index in [1.54, 1.807) is 12.1 Å². The van der Waals surface area contributed by atoms with Crippen molar-refractivity contribution in [2.24, 2.45) is 0 Å². The molecule has 0 radical (unpaired) electrons. The average Bonchev–Trinajstić information content (AvgIpc) is 2.73. The third kappa shape index (κ3) is 27.7. The van der Waals surface area contributed by atoms with Gasteiger partial charge in [0.1, 0.15) is 6.61 Å². The molecule has 0 fully saturated rings. The van der Waals surface area contributed by atoms with E-state index in [0.717, 1.165) is 37.1 Å². The zero-order valence-electron chi connectivity index (χ0n) is 17.7. The maximum absolute atomic E-state index is 10.9. The summed E-state index contributed by atoms with van der Waals surface area (Å²) in [5, 5.41) is 16.3. The SMILES string of the molecule is CCCCCCCCCCOC(=O)C=CC#N.CCOCCOC(=O)C=CC#N. The van der Waals surface area contributed by atoms with Crippen molar-refractivity contribution in [1.82, 2.24) is 0 Å². The second kappa shape index (κ2) is 25.4. The molecule has 0 aromatic rings. The first-order valence-corrected chi connectivity index (χ1v) is 10.2. The van der Waals surface area contributed by atoms with Crippen LogP contribution in [0.4, 0.5) is 0 Å². The molecular formula is C22H34N2O5. The maximum atomic E-state index is 10.9. The lowest BCUT2D eigenvalue weighted by molar-refractivity contribution is -0.139. The van der Waals surface area contributed by atoms with Crippen molar-refractivity contribution in [2.75, 3.05) is 26.4 Å². The molecule has 0 aliphatic carbocycles. The van der Waals surface area contributed by atoms with Gasteiger partial charge in [0.15, 0.2) is 0 Å². The number of carbonyl (C=O) groups is 2. The van der Waals surface area contributed by atoms with Crippen LogP contribution in [-0.4, -0.2) is 38.4 Å². The Kier molecular flexibility index (Phi) is 25.0. The van der Waals surface area contributed by atoms with Gasteiger partial charge in [-0.2, -0.15) is 10.5 Å². The highest BCUT2D eigenvalue weighted by Crippen LogP contribution is 2.08. The standard InChI is InChI=1S/C14H23NO2.C8H11NO3/c1-2-3-4-5-6-7-8-9-13-17-14(16)11-10-12-15;1-2-11-6-7-12-8(10)4-3-5-9/h10-11H,2-9,13H2,1H3;3-4H,2,6-7H2,1H3. The van der Waals surface area contributed by atoms with Crippen molar-refractivity contribution in [3.05, 3.63) is 24.3 Å². The van der Waals surface area contributed by atoms with Gasteiger partial charge < -0.3 is 14.2 Å². The van der Waals surface area contributed by atoms with Gasteiger partial charge in [-0.1, -0.05) is 51.9 Å². The largest absolute Gasteiger partial charge is 0.463 e. The Morgan fingerprint density at radius 3 is 1.69 bits per heavy atom. The van der Waals surface area contributed by atoms with Crippen LogP contribution in [0.3, 0.4) is 0 Å². The molecule has 7 heteroatoms. The van der Waals surface area contributed by atoms with Crippen molar-refractivity contribution in [3.8, 4) is 12.1 Å². The average molecular weight is 407 g/mol. The van der Waals surface area contributed by atoms with E-state index in [-0.39, 0.29) is 6.61 Å². The van der Waals surface area contributed by atoms with Crippen LogP contribution in [0.2, 0.25) is 0 Å². The first kappa shape index (κ1) is 28.6. The number of nitrogens with zero attached hydrogens (tertiary/aromatic N) is 2. The molecular weight excluding hydrogens is 372 g/mol. The summed E-state index contributed by atoms with van der Waals surface area (Å²) in [6.45, 7) is 5.76. The quantitative estimate of drug-likeness (QED) is 0.172. The summed E-state index contributed by atoms with van der Waals surface area (Å²) in [5.41, 5.74) is 0. The number of unbranched alkanes of at least 4 members (excludes halogenated alkanes) is 7. The van der Waals surface area contributed by atoms with E-state index in [0.29, 0.717) is 19.8 Å². The van der Waals surface area contributed by atoms with Gasteiger partial charge in [0.05, 0.1) is 25.4 Å². The molecule has 0 spiro atoms. The summed E-state index contributed by atoms with van der Waals surface area (Å²) in [7, 11) is 0. The van der Waals surface area contributed by atoms with Crippen LogP contribution < -0.4 is 0 Å². The van der Waals surface area contributed by atoms with Crippen molar-refractivity contribution in [1.29, 1.82) is 10.5 Å². The van der Waals surface area contributed by atoms with E-state index < -0.39 is 11.9 Å². The molecule has 162 valence electrons. The van der Waals surface area contributed by atoms with Gasteiger partial charge in [0.25, 0.3) is 0 Å². The van der Waals surface area contributed by atoms with Gasteiger partial charge in [0, 0.05) is 30.9 Å². The highest BCUT2D eigenvalue weighted by molar-refractivity contribution is 5.82. The normalized spacial score (nSPS) is 10.1. The number of ether oxygens (including phenoxy) is 3. The van der Waals surface area contributed by atoms with Gasteiger partial charge in [-0.05, 0) is 13.3 Å². The molecule has 0 saturated heterocycles. The van der Waals surface area contributed by atoms with E-state index in [1.807, 2.05) is 6.92 Å². The number of nitriles is 2. The van der Waals surface area contributed by atoms with E-state index in [1.165, 1.54) is 38.5 Å². The fraction of sp³-hybridized carbons (Fsp3) is 0.636. The smallest absolute Gasteiger partial charge is 0.331 e. The van der Waals surface area contributed by atoms with E-state index in [4.69, 9.17) is 20.0 Å². The summed E-state index contributed by atoms with van der Waals surface area (Å²) in [6, 6.07) is 3.44. The minimum Gasteiger partial charge on any atom is -0.463 e. The Balaban J connectivity index is 0.